The minimum atomic E-state index is 0.214. The summed E-state index contributed by atoms with van der Waals surface area (Å²) in [4.78, 5) is 4.37. The second-order valence-electron chi connectivity index (χ2n) is 5.80. The van der Waals surface area contributed by atoms with Gasteiger partial charge in [-0.15, -0.1) is 0 Å². The van der Waals surface area contributed by atoms with E-state index in [0.717, 1.165) is 12.4 Å². The van der Waals surface area contributed by atoms with E-state index in [2.05, 4.69) is 70.9 Å². The monoisotopic (exact) mass is 290 g/mol. The van der Waals surface area contributed by atoms with Crippen LogP contribution in [0.25, 0.3) is 0 Å². The minimum Gasteiger partial charge on any atom is -0.348 e. The number of benzene rings is 2. The highest BCUT2D eigenvalue weighted by Crippen LogP contribution is 2.37. The van der Waals surface area contributed by atoms with Crippen molar-refractivity contribution >= 4 is 5.95 Å². The number of aromatic nitrogens is 3. The molecule has 0 radical (unpaired) electrons. The maximum absolute atomic E-state index is 4.40. The molecule has 0 unspecified atom stereocenters. The third-order valence-corrected chi connectivity index (χ3v) is 4.29. The summed E-state index contributed by atoms with van der Waals surface area (Å²) >= 11 is 0. The van der Waals surface area contributed by atoms with E-state index in [1.165, 1.54) is 16.7 Å². The molecule has 1 aromatic heterocycles. The largest absolute Gasteiger partial charge is 0.348 e. The van der Waals surface area contributed by atoms with Crippen LogP contribution < -0.4 is 5.32 Å². The third-order valence-electron chi connectivity index (χ3n) is 4.29. The van der Waals surface area contributed by atoms with Crippen molar-refractivity contribution in [1.29, 1.82) is 0 Å². The number of hydrogen-bond acceptors (Lipinski definition) is 3. The molecule has 1 N–H and O–H groups in total. The number of nitrogens with zero attached hydrogens (tertiary/aromatic N) is 3. The Morgan fingerprint density at radius 1 is 1.00 bits per heavy atom. The number of aryl methyl sites for hydroxylation is 1. The molecule has 4 heteroatoms. The average molecular weight is 290 g/mol. The Kier molecular flexibility index (Phi) is 3.15. The SMILES string of the molecule is Cc1ccc([C@H]2C[C@@H](c3ccccc3)n3ncnc3N2)cc1. The molecule has 22 heavy (non-hydrogen) atoms. The number of fused-ring (bicyclic) bond motifs is 1. The van der Waals surface area contributed by atoms with Crippen molar-refractivity contribution in [2.24, 2.45) is 0 Å². The molecule has 0 saturated carbocycles. The normalized spacial score (nSPS) is 20.2. The maximum atomic E-state index is 4.40. The van der Waals surface area contributed by atoms with E-state index in [1.807, 2.05) is 10.7 Å². The van der Waals surface area contributed by atoms with Crippen molar-refractivity contribution < 1.29 is 0 Å². The lowest BCUT2D eigenvalue weighted by molar-refractivity contribution is 0.431. The van der Waals surface area contributed by atoms with Gasteiger partial charge in [0.25, 0.3) is 0 Å². The first-order valence-corrected chi connectivity index (χ1v) is 7.59. The Labute approximate surface area is 129 Å². The highest BCUT2D eigenvalue weighted by molar-refractivity contribution is 5.38. The second-order valence-corrected chi connectivity index (χ2v) is 5.80. The maximum Gasteiger partial charge on any atom is 0.222 e. The molecule has 0 saturated heterocycles. The summed E-state index contributed by atoms with van der Waals surface area (Å²) in [5, 5.41) is 7.90. The summed E-state index contributed by atoms with van der Waals surface area (Å²) in [6.07, 6.45) is 2.58. The fraction of sp³-hybridized carbons (Fsp3) is 0.222. The number of anilines is 1. The lowest BCUT2D eigenvalue weighted by Gasteiger charge is -2.31. The number of nitrogens with one attached hydrogen (secondary N) is 1. The molecule has 110 valence electrons. The smallest absolute Gasteiger partial charge is 0.222 e. The van der Waals surface area contributed by atoms with Gasteiger partial charge in [-0.2, -0.15) is 10.1 Å². The Hall–Kier alpha value is -2.62. The van der Waals surface area contributed by atoms with E-state index in [4.69, 9.17) is 0 Å². The van der Waals surface area contributed by atoms with Gasteiger partial charge in [0.2, 0.25) is 5.95 Å². The van der Waals surface area contributed by atoms with Gasteiger partial charge >= 0.3 is 0 Å². The van der Waals surface area contributed by atoms with Crippen LogP contribution in [0.3, 0.4) is 0 Å². The molecule has 0 amide bonds. The van der Waals surface area contributed by atoms with Crippen molar-refractivity contribution in [3.8, 4) is 0 Å². The molecule has 4 rings (SSSR count). The molecular formula is C18H18N4. The Morgan fingerprint density at radius 2 is 1.77 bits per heavy atom. The third kappa shape index (κ3) is 2.26. The van der Waals surface area contributed by atoms with Crippen LogP contribution in [0, 0.1) is 6.92 Å². The molecule has 2 aromatic carbocycles. The number of rotatable bonds is 2. The van der Waals surface area contributed by atoms with E-state index in [9.17, 15) is 0 Å². The van der Waals surface area contributed by atoms with Crippen molar-refractivity contribution in [2.75, 3.05) is 5.32 Å². The van der Waals surface area contributed by atoms with Crippen LogP contribution in [0.1, 0.15) is 35.2 Å². The summed E-state index contributed by atoms with van der Waals surface area (Å²) in [5.74, 6) is 0.839. The summed E-state index contributed by atoms with van der Waals surface area (Å²) in [6.45, 7) is 2.11. The van der Waals surface area contributed by atoms with Gasteiger partial charge in [-0.05, 0) is 24.5 Å². The van der Waals surface area contributed by atoms with Crippen LogP contribution in [-0.2, 0) is 0 Å². The van der Waals surface area contributed by atoms with E-state index in [1.54, 1.807) is 6.33 Å². The fourth-order valence-electron chi connectivity index (χ4n) is 3.09. The molecule has 1 aliphatic heterocycles. The van der Waals surface area contributed by atoms with Crippen LogP contribution in [-0.4, -0.2) is 14.8 Å². The van der Waals surface area contributed by atoms with E-state index in [0.29, 0.717) is 0 Å². The van der Waals surface area contributed by atoms with Gasteiger partial charge < -0.3 is 5.32 Å². The highest BCUT2D eigenvalue weighted by atomic mass is 15.4. The molecule has 4 nitrogen and oxygen atoms in total. The van der Waals surface area contributed by atoms with E-state index < -0.39 is 0 Å². The summed E-state index contributed by atoms with van der Waals surface area (Å²) < 4.78 is 1.99. The highest BCUT2D eigenvalue weighted by Gasteiger charge is 2.29. The van der Waals surface area contributed by atoms with Crippen molar-refractivity contribution in [2.45, 2.75) is 25.4 Å². The first kappa shape index (κ1) is 13.1. The first-order chi connectivity index (χ1) is 10.8. The quantitative estimate of drug-likeness (QED) is 0.782. The Morgan fingerprint density at radius 3 is 2.55 bits per heavy atom. The van der Waals surface area contributed by atoms with Gasteiger partial charge in [-0.1, -0.05) is 60.2 Å². The van der Waals surface area contributed by atoms with Crippen molar-refractivity contribution in [3.05, 3.63) is 77.6 Å². The fourth-order valence-corrected chi connectivity index (χ4v) is 3.09. The van der Waals surface area contributed by atoms with E-state index >= 15 is 0 Å². The van der Waals surface area contributed by atoms with Crippen LogP contribution in [0.5, 0.6) is 0 Å². The lowest BCUT2D eigenvalue weighted by Crippen LogP contribution is -2.28. The molecule has 0 fully saturated rings. The Bertz CT molecular complexity index is 761. The summed E-state index contributed by atoms with van der Waals surface area (Å²) in [6, 6.07) is 19.7. The molecule has 2 heterocycles. The summed E-state index contributed by atoms with van der Waals surface area (Å²) in [7, 11) is 0. The van der Waals surface area contributed by atoms with E-state index in [-0.39, 0.29) is 12.1 Å². The van der Waals surface area contributed by atoms with Gasteiger partial charge in [0.1, 0.15) is 6.33 Å². The zero-order chi connectivity index (χ0) is 14.9. The van der Waals surface area contributed by atoms with Gasteiger partial charge in [0, 0.05) is 0 Å². The standard InChI is InChI=1S/C18H18N4/c1-13-7-9-14(10-8-13)16-11-17(15-5-3-2-4-6-15)22-18(21-16)19-12-20-22/h2-10,12,16-17H,11H2,1H3,(H,19,20,21)/t16-,17+/m1/s1. The molecule has 0 bridgehead atoms. The van der Waals surface area contributed by atoms with Gasteiger partial charge in [-0.3, -0.25) is 0 Å². The molecular weight excluding hydrogens is 272 g/mol. The van der Waals surface area contributed by atoms with Crippen LogP contribution >= 0.6 is 0 Å². The molecule has 0 aliphatic carbocycles. The first-order valence-electron chi connectivity index (χ1n) is 7.59. The molecule has 3 aromatic rings. The van der Waals surface area contributed by atoms with Gasteiger partial charge in [0.15, 0.2) is 0 Å². The van der Waals surface area contributed by atoms with Crippen LogP contribution in [0.2, 0.25) is 0 Å². The van der Waals surface area contributed by atoms with Crippen molar-refractivity contribution in [3.63, 3.8) is 0 Å². The molecule has 0 spiro atoms. The molecule has 1 aliphatic rings. The minimum absolute atomic E-state index is 0.214. The molecule has 2 atom stereocenters. The summed E-state index contributed by atoms with van der Waals surface area (Å²) in [5.41, 5.74) is 3.84. The number of hydrogen-bond donors (Lipinski definition) is 1. The van der Waals surface area contributed by atoms with Crippen LogP contribution in [0.4, 0.5) is 5.95 Å². The average Bonchev–Trinajstić information content (AvgIpc) is 3.04. The zero-order valence-corrected chi connectivity index (χ0v) is 12.5. The zero-order valence-electron chi connectivity index (χ0n) is 12.5. The van der Waals surface area contributed by atoms with Crippen LogP contribution in [0.15, 0.2) is 60.9 Å². The predicted octanol–water partition coefficient (Wildman–Crippen LogP) is 3.73. The second kappa shape index (κ2) is 5.30. The Balaban J connectivity index is 1.72. The van der Waals surface area contributed by atoms with Crippen molar-refractivity contribution in [1.82, 2.24) is 14.8 Å². The van der Waals surface area contributed by atoms with Gasteiger partial charge in [0.05, 0.1) is 12.1 Å². The van der Waals surface area contributed by atoms with Gasteiger partial charge in [-0.25, -0.2) is 4.68 Å². The predicted molar refractivity (Wildman–Crippen MR) is 86.8 cm³/mol. The lowest BCUT2D eigenvalue weighted by atomic mass is 9.93. The topological polar surface area (TPSA) is 42.7 Å².